The van der Waals surface area contributed by atoms with Crippen molar-refractivity contribution < 1.29 is 52.4 Å². The monoisotopic (exact) mass is 634 g/mol. The summed E-state index contributed by atoms with van der Waals surface area (Å²) in [5.74, 6) is -1.69. The number of fused-ring (bicyclic) bond motifs is 1. The van der Waals surface area contributed by atoms with Crippen LogP contribution in [-0.2, 0) is 43.1 Å². The zero-order valence-corrected chi connectivity index (χ0v) is 26.6. The number of nitrogen functional groups attached to an aromatic ring is 1. The van der Waals surface area contributed by atoms with Crippen molar-refractivity contribution in [2.24, 2.45) is 5.92 Å². The fourth-order valence-electron chi connectivity index (χ4n) is 3.95. The van der Waals surface area contributed by atoms with Crippen molar-refractivity contribution in [1.29, 1.82) is 0 Å². The van der Waals surface area contributed by atoms with Gasteiger partial charge in [0.1, 0.15) is 18.2 Å². The number of imidazole rings is 1. The van der Waals surface area contributed by atoms with Crippen molar-refractivity contribution in [1.82, 2.24) is 24.6 Å². The summed E-state index contributed by atoms with van der Waals surface area (Å²) in [6.45, 7) is 8.49. The van der Waals surface area contributed by atoms with E-state index in [4.69, 9.17) is 33.7 Å². The van der Waals surface area contributed by atoms with Crippen molar-refractivity contribution in [3.05, 3.63) is 6.33 Å². The Balaban J connectivity index is 2.36. The number of hydrogen-bond acceptors (Lipinski definition) is 15. The lowest BCUT2D eigenvalue weighted by molar-refractivity contribution is -0.173. The van der Waals surface area contributed by atoms with E-state index in [-0.39, 0.29) is 41.9 Å². The molecule has 0 fully saturated rings. The molecular weight excluding hydrogens is 591 g/mol. The number of nitrogens with two attached hydrogens (primary N) is 1. The van der Waals surface area contributed by atoms with Crippen LogP contribution >= 0.6 is 7.75 Å². The molecule has 17 nitrogen and oxygen atoms in total. The molecule has 2 heterocycles. The van der Waals surface area contributed by atoms with Gasteiger partial charge >= 0.3 is 19.7 Å². The van der Waals surface area contributed by atoms with Gasteiger partial charge in [-0.05, 0) is 40.0 Å². The highest BCUT2D eigenvalue weighted by atomic mass is 31.2. The van der Waals surface area contributed by atoms with Gasteiger partial charge in [-0.1, -0.05) is 13.8 Å². The summed E-state index contributed by atoms with van der Waals surface area (Å²) in [7, 11) is -1.90. The number of aromatic nitrogens is 4. The molecule has 0 aliphatic carbocycles. The first-order valence-corrected chi connectivity index (χ1v) is 15.1. The lowest BCUT2D eigenvalue weighted by Crippen LogP contribution is -2.51. The number of aliphatic hydroxyl groups is 2. The number of esters is 2. The molecule has 0 aliphatic rings. The van der Waals surface area contributed by atoms with Crippen LogP contribution < -0.4 is 15.6 Å². The molecule has 0 saturated heterocycles. The molecule has 43 heavy (non-hydrogen) atoms. The summed E-state index contributed by atoms with van der Waals surface area (Å²) < 4.78 is 46.6. The van der Waals surface area contributed by atoms with Gasteiger partial charge < -0.3 is 34.9 Å². The quantitative estimate of drug-likeness (QED) is 0.133. The lowest BCUT2D eigenvalue weighted by atomic mass is 10.0. The fourth-order valence-corrected chi connectivity index (χ4v) is 5.38. The van der Waals surface area contributed by atoms with E-state index in [0.717, 1.165) is 4.57 Å². The van der Waals surface area contributed by atoms with E-state index in [1.165, 1.54) is 27.5 Å². The number of anilines is 1. The van der Waals surface area contributed by atoms with Crippen LogP contribution in [-0.4, -0.2) is 100 Å². The first-order valence-electron chi connectivity index (χ1n) is 13.6. The van der Waals surface area contributed by atoms with E-state index in [1.54, 1.807) is 20.8 Å². The Morgan fingerprint density at radius 1 is 1.19 bits per heavy atom. The SMILES string of the molecule is CCOC(=O)COP(=O)(N[C@@H](CC(C)C)C(=O)OC(C)C)OCC(OC)[C@@H](O)[C@@](C)(O)n1cnc2c(OC)nc(N)nc21. The molecule has 2 rings (SSSR count). The molecule has 2 unspecified atom stereocenters. The van der Waals surface area contributed by atoms with Crippen LogP contribution in [0.15, 0.2) is 6.33 Å². The zero-order chi connectivity index (χ0) is 32.5. The minimum atomic E-state index is -4.48. The highest BCUT2D eigenvalue weighted by Crippen LogP contribution is 2.45. The Bertz CT molecular complexity index is 1270. The number of nitrogens with one attached hydrogen (secondary N) is 1. The van der Waals surface area contributed by atoms with Gasteiger partial charge in [0.05, 0.1) is 32.8 Å². The third-order valence-corrected chi connectivity index (χ3v) is 7.59. The van der Waals surface area contributed by atoms with Gasteiger partial charge in [-0.25, -0.2) is 19.4 Å². The predicted octanol–water partition coefficient (Wildman–Crippen LogP) is 1.12. The maximum absolute atomic E-state index is 13.9. The molecule has 0 bridgehead atoms. The molecule has 2 aromatic heterocycles. The molecule has 5 N–H and O–H groups in total. The van der Waals surface area contributed by atoms with Crippen molar-refractivity contribution in [3.63, 3.8) is 0 Å². The average molecular weight is 635 g/mol. The van der Waals surface area contributed by atoms with E-state index >= 15 is 0 Å². The summed E-state index contributed by atoms with van der Waals surface area (Å²) in [5, 5.41) is 25.2. The maximum Gasteiger partial charge on any atom is 0.406 e. The smallest absolute Gasteiger partial charge is 0.406 e. The second-order valence-electron chi connectivity index (χ2n) is 10.4. The van der Waals surface area contributed by atoms with E-state index in [9.17, 15) is 24.4 Å². The summed E-state index contributed by atoms with van der Waals surface area (Å²) in [4.78, 5) is 37.0. The third-order valence-electron chi connectivity index (χ3n) is 6.00. The Kier molecular flexibility index (Phi) is 13.2. The number of carbonyl (C=O) groups is 2. The van der Waals surface area contributed by atoms with Crippen LogP contribution in [0.3, 0.4) is 0 Å². The van der Waals surface area contributed by atoms with Crippen LogP contribution in [0, 0.1) is 5.92 Å². The van der Waals surface area contributed by atoms with E-state index in [1.807, 2.05) is 13.8 Å². The van der Waals surface area contributed by atoms with Crippen molar-refractivity contribution in [3.8, 4) is 5.88 Å². The molecule has 0 spiro atoms. The number of methoxy groups -OCH3 is 2. The Morgan fingerprint density at radius 3 is 2.42 bits per heavy atom. The van der Waals surface area contributed by atoms with Crippen LogP contribution in [0.5, 0.6) is 5.88 Å². The molecule has 0 aliphatic heterocycles. The molecule has 0 radical (unpaired) electrons. The lowest BCUT2D eigenvalue weighted by Gasteiger charge is -2.35. The average Bonchev–Trinajstić information content (AvgIpc) is 3.35. The zero-order valence-electron chi connectivity index (χ0n) is 25.7. The Labute approximate surface area is 249 Å². The minimum absolute atomic E-state index is 0.0409. The number of hydrogen-bond donors (Lipinski definition) is 4. The van der Waals surface area contributed by atoms with Crippen LogP contribution in [0.4, 0.5) is 5.95 Å². The maximum atomic E-state index is 13.9. The van der Waals surface area contributed by atoms with E-state index in [0.29, 0.717) is 0 Å². The van der Waals surface area contributed by atoms with Gasteiger partial charge in [0.2, 0.25) is 11.8 Å². The number of nitrogens with zero attached hydrogens (tertiary/aromatic N) is 4. The van der Waals surface area contributed by atoms with E-state index < -0.39 is 63.0 Å². The molecular formula is C25H43N6O11P. The summed E-state index contributed by atoms with van der Waals surface area (Å²) in [5.41, 5.74) is 3.84. The normalized spacial score (nSPS) is 16.8. The summed E-state index contributed by atoms with van der Waals surface area (Å²) >= 11 is 0. The van der Waals surface area contributed by atoms with Crippen molar-refractivity contribution in [2.75, 3.05) is 39.8 Å². The third kappa shape index (κ3) is 9.79. The van der Waals surface area contributed by atoms with Gasteiger partial charge in [-0.15, -0.1) is 0 Å². The van der Waals surface area contributed by atoms with E-state index in [2.05, 4.69) is 20.0 Å². The van der Waals surface area contributed by atoms with Gasteiger partial charge in [-0.2, -0.15) is 9.97 Å². The molecule has 0 aromatic carbocycles. The molecule has 5 atom stereocenters. The topological polar surface area (TPSA) is 229 Å². The van der Waals surface area contributed by atoms with Gasteiger partial charge in [0, 0.05) is 7.11 Å². The Hall–Kier alpha value is -2.92. The van der Waals surface area contributed by atoms with Crippen LogP contribution in [0.25, 0.3) is 11.2 Å². The molecule has 18 heteroatoms. The van der Waals surface area contributed by atoms with Crippen LogP contribution in [0.1, 0.15) is 48.0 Å². The highest BCUT2D eigenvalue weighted by molar-refractivity contribution is 7.51. The van der Waals surface area contributed by atoms with Gasteiger partial charge in [-0.3, -0.25) is 18.4 Å². The number of aliphatic hydroxyl groups excluding tert-OH is 1. The minimum Gasteiger partial charge on any atom is -0.479 e. The summed E-state index contributed by atoms with van der Waals surface area (Å²) in [6.07, 6.45) is -2.17. The van der Waals surface area contributed by atoms with Crippen molar-refractivity contribution >= 4 is 36.8 Å². The standard InChI is InChI=1S/C25H43N6O11P/c1-9-39-18(32)12-41-43(36,30-16(10-14(2)3)23(34)42-15(4)5)40-11-17(37-7)20(33)25(6,35)31-13-27-19-21(31)28-24(26)29-22(19)38-8/h13-17,20,33,35H,9-12H2,1-8H3,(H,30,36)(H2,26,28,29)/t16-,17?,20+,25+,43?/m0/s1. The summed E-state index contributed by atoms with van der Waals surface area (Å²) in [6, 6.07) is -1.14. The Morgan fingerprint density at radius 2 is 1.86 bits per heavy atom. The first-order chi connectivity index (χ1) is 20.1. The number of rotatable bonds is 18. The fraction of sp³-hybridized carbons (Fsp3) is 0.720. The molecule has 0 amide bonds. The van der Waals surface area contributed by atoms with Crippen molar-refractivity contribution in [2.45, 2.75) is 78.0 Å². The second-order valence-corrected chi connectivity index (χ2v) is 12.1. The number of ether oxygens (including phenoxy) is 4. The van der Waals surface area contributed by atoms with Gasteiger partial charge in [0.15, 0.2) is 23.5 Å². The van der Waals surface area contributed by atoms with Crippen LogP contribution in [0.2, 0.25) is 0 Å². The molecule has 2 aromatic rings. The second kappa shape index (κ2) is 15.7. The molecule has 0 saturated carbocycles. The highest BCUT2D eigenvalue weighted by Gasteiger charge is 2.42. The number of carbonyl (C=O) groups excluding carboxylic acids is 2. The molecule has 244 valence electrons. The largest absolute Gasteiger partial charge is 0.479 e. The van der Waals surface area contributed by atoms with Gasteiger partial charge in [0.25, 0.3) is 0 Å². The predicted molar refractivity (Wildman–Crippen MR) is 153 cm³/mol. The first kappa shape index (κ1) is 36.3.